The molecule has 1 atom stereocenters. The molecule has 5 nitrogen and oxygen atoms in total. The van der Waals surface area contributed by atoms with Gasteiger partial charge in [-0.3, -0.25) is 4.90 Å². The number of nitrogens with one attached hydrogen (secondary N) is 1. The summed E-state index contributed by atoms with van der Waals surface area (Å²) in [5.74, 6) is -0.482. The summed E-state index contributed by atoms with van der Waals surface area (Å²) in [5.41, 5.74) is 5.61. The number of hydrogen-bond donors (Lipinski definition) is 2. The lowest BCUT2D eigenvalue weighted by Gasteiger charge is -2.22. The lowest BCUT2D eigenvalue weighted by atomic mass is 10.2. The minimum absolute atomic E-state index is 0.0264. The van der Waals surface area contributed by atoms with Crippen molar-refractivity contribution in [2.45, 2.75) is 37.2 Å². The zero-order chi connectivity index (χ0) is 15.5. The second kappa shape index (κ2) is 6.83. The largest absolute Gasteiger partial charge is 0.326 e. The smallest absolute Gasteiger partial charge is 0.240 e. The summed E-state index contributed by atoms with van der Waals surface area (Å²) in [5, 5.41) is 0. The SMILES string of the molecule is CCN1CCCC1CNS(=O)(=O)c1ccc(F)c(CN)c1. The molecule has 7 heteroatoms. The summed E-state index contributed by atoms with van der Waals surface area (Å²) in [6.45, 7) is 4.35. The highest BCUT2D eigenvalue weighted by Crippen LogP contribution is 2.18. The van der Waals surface area contributed by atoms with Crippen LogP contribution in [0, 0.1) is 5.82 Å². The minimum atomic E-state index is -3.63. The van der Waals surface area contributed by atoms with Gasteiger partial charge in [0.15, 0.2) is 0 Å². The molecule has 1 aromatic rings. The molecule has 1 aliphatic heterocycles. The molecule has 3 N–H and O–H groups in total. The molecule has 0 aliphatic carbocycles. The van der Waals surface area contributed by atoms with Gasteiger partial charge in [0.25, 0.3) is 0 Å². The Bertz CT molecular complexity index is 592. The Labute approximate surface area is 125 Å². The molecule has 0 bridgehead atoms. The van der Waals surface area contributed by atoms with Gasteiger partial charge in [-0.05, 0) is 44.1 Å². The summed E-state index contributed by atoms with van der Waals surface area (Å²) >= 11 is 0. The van der Waals surface area contributed by atoms with Gasteiger partial charge in [0.05, 0.1) is 4.90 Å². The highest BCUT2D eigenvalue weighted by Gasteiger charge is 2.25. The summed E-state index contributed by atoms with van der Waals surface area (Å²) in [7, 11) is -3.63. The molecule has 1 aliphatic rings. The van der Waals surface area contributed by atoms with Crippen molar-refractivity contribution in [3.05, 3.63) is 29.6 Å². The predicted octanol–water partition coefficient (Wildman–Crippen LogP) is 1.05. The van der Waals surface area contributed by atoms with Crippen LogP contribution < -0.4 is 10.5 Å². The molecular formula is C14H22FN3O2S. The minimum Gasteiger partial charge on any atom is -0.326 e. The molecule has 0 amide bonds. The first kappa shape index (κ1) is 16.4. The van der Waals surface area contributed by atoms with Crippen LogP contribution in [-0.2, 0) is 16.6 Å². The maximum Gasteiger partial charge on any atom is 0.240 e. The predicted molar refractivity (Wildman–Crippen MR) is 79.7 cm³/mol. The van der Waals surface area contributed by atoms with Gasteiger partial charge < -0.3 is 5.73 Å². The van der Waals surface area contributed by atoms with Gasteiger partial charge in [0.1, 0.15) is 5.82 Å². The molecule has 21 heavy (non-hydrogen) atoms. The molecule has 1 fully saturated rings. The monoisotopic (exact) mass is 315 g/mol. The van der Waals surface area contributed by atoms with E-state index in [2.05, 4.69) is 16.5 Å². The van der Waals surface area contributed by atoms with Gasteiger partial charge in [-0.1, -0.05) is 6.92 Å². The van der Waals surface area contributed by atoms with Gasteiger partial charge in [0, 0.05) is 24.7 Å². The molecule has 1 saturated heterocycles. The van der Waals surface area contributed by atoms with Gasteiger partial charge in [-0.15, -0.1) is 0 Å². The van der Waals surface area contributed by atoms with Crippen LogP contribution in [0.4, 0.5) is 4.39 Å². The van der Waals surface area contributed by atoms with Gasteiger partial charge in [0.2, 0.25) is 10.0 Å². The van der Waals surface area contributed by atoms with Crippen LogP contribution in [0.3, 0.4) is 0 Å². The van der Waals surface area contributed by atoms with Crippen molar-refractivity contribution in [2.75, 3.05) is 19.6 Å². The van der Waals surface area contributed by atoms with E-state index in [9.17, 15) is 12.8 Å². The summed E-state index contributed by atoms with van der Waals surface area (Å²) in [4.78, 5) is 2.32. The van der Waals surface area contributed by atoms with Crippen molar-refractivity contribution in [1.82, 2.24) is 9.62 Å². The second-order valence-electron chi connectivity index (χ2n) is 5.23. The van der Waals surface area contributed by atoms with Crippen LogP contribution >= 0.6 is 0 Å². The fraction of sp³-hybridized carbons (Fsp3) is 0.571. The van der Waals surface area contributed by atoms with Gasteiger partial charge in [-0.2, -0.15) is 0 Å². The Morgan fingerprint density at radius 3 is 2.90 bits per heavy atom. The third-order valence-corrected chi connectivity index (χ3v) is 5.38. The first-order valence-electron chi connectivity index (χ1n) is 7.20. The van der Waals surface area contributed by atoms with Crippen LogP contribution in [0.25, 0.3) is 0 Å². The van der Waals surface area contributed by atoms with E-state index in [1.165, 1.54) is 12.1 Å². The Kier molecular flexibility index (Phi) is 5.32. The summed E-state index contributed by atoms with van der Waals surface area (Å²) < 4.78 is 40.5. The standard InChI is InChI=1S/C14H22FN3O2S/c1-2-18-7-3-4-12(18)10-17-21(19,20)13-5-6-14(15)11(8-13)9-16/h5-6,8,12,17H,2-4,7,9-10,16H2,1H3. The Morgan fingerprint density at radius 2 is 2.24 bits per heavy atom. The Morgan fingerprint density at radius 1 is 1.48 bits per heavy atom. The molecule has 1 unspecified atom stereocenters. The third kappa shape index (κ3) is 3.79. The van der Waals surface area contributed by atoms with Gasteiger partial charge >= 0.3 is 0 Å². The molecule has 2 rings (SSSR count). The van der Waals surface area contributed by atoms with E-state index in [-0.39, 0.29) is 23.0 Å². The molecule has 1 heterocycles. The molecule has 0 spiro atoms. The maximum atomic E-state index is 13.4. The summed E-state index contributed by atoms with van der Waals surface area (Å²) in [6, 6.07) is 3.94. The molecule has 0 aromatic heterocycles. The number of rotatable bonds is 6. The normalized spacial score (nSPS) is 20.0. The van der Waals surface area contributed by atoms with Crippen LogP contribution in [-0.4, -0.2) is 39.0 Å². The first-order valence-corrected chi connectivity index (χ1v) is 8.68. The van der Waals surface area contributed by atoms with E-state index < -0.39 is 15.8 Å². The second-order valence-corrected chi connectivity index (χ2v) is 7.00. The lowest BCUT2D eigenvalue weighted by Crippen LogP contribution is -2.40. The third-order valence-electron chi connectivity index (χ3n) is 3.96. The summed E-state index contributed by atoms with van der Waals surface area (Å²) in [6.07, 6.45) is 2.09. The van der Waals surface area contributed by atoms with E-state index in [4.69, 9.17) is 5.73 Å². The molecule has 1 aromatic carbocycles. The van der Waals surface area contributed by atoms with Gasteiger partial charge in [-0.25, -0.2) is 17.5 Å². The Hall–Kier alpha value is -1.02. The number of benzene rings is 1. The van der Waals surface area contributed by atoms with E-state index in [0.29, 0.717) is 6.54 Å². The molecule has 0 radical (unpaired) electrons. The zero-order valence-corrected chi connectivity index (χ0v) is 13.0. The number of likely N-dealkylation sites (N-methyl/N-ethyl adjacent to an activating group) is 1. The molecule has 0 saturated carbocycles. The average molecular weight is 315 g/mol. The molecular weight excluding hydrogens is 293 g/mol. The van der Waals surface area contributed by atoms with E-state index >= 15 is 0 Å². The lowest BCUT2D eigenvalue weighted by molar-refractivity contribution is 0.268. The van der Waals surface area contributed by atoms with Crippen molar-refractivity contribution >= 4 is 10.0 Å². The van der Waals surface area contributed by atoms with E-state index in [0.717, 1.165) is 32.0 Å². The average Bonchev–Trinajstić information content (AvgIpc) is 2.93. The highest BCUT2D eigenvalue weighted by atomic mass is 32.2. The highest BCUT2D eigenvalue weighted by molar-refractivity contribution is 7.89. The van der Waals surface area contributed by atoms with Crippen molar-refractivity contribution in [1.29, 1.82) is 0 Å². The van der Waals surface area contributed by atoms with Crippen molar-refractivity contribution in [3.8, 4) is 0 Å². The number of likely N-dealkylation sites (tertiary alicyclic amines) is 1. The number of sulfonamides is 1. The van der Waals surface area contributed by atoms with Crippen molar-refractivity contribution in [2.24, 2.45) is 5.73 Å². The Balaban J connectivity index is 2.08. The van der Waals surface area contributed by atoms with Crippen LogP contribution in [0.1, 0.15) is 25.3 Å². The first-order chi connectivity index (χ1) is 9.97. The van der Waals surface area contributed by atoms with E-state index in [1.807, 2.05) is 0 Å². The quantitative estimate of drug-likeness (QED) is 0.823. The van der Waals surface area contributed by atoms with Crippen LogP contribution in [0.2, 0.25) is 0 Å². The zero-order valence-electron chi connectivity index (χ0n) is 12.2. The van der Waals surface area contributed by atoms with E-state index in [1.54, 1.807) is 0 Å². The van der Waals surface area contributed by atoms with Crippen LogP contribution in [0.5, 0.6) is 0 Å². The van der Waals surface area contributed by atoms with Crippen molar-refractivity contribution in [3.63, 3.8) is 0 Å². The number of nitrogens with two attached hydrogens (primary N) is 1. The maximum absolute atomic E-state index is 13.4. The topological polar surface area (TPSA) is 75.4 Å². The fourth-order valence-electron chi connectivity index (χ4n) is 2.71. The molecule has 118 valence electrons. The van der Waals surface area contributed by atoms with Crippen molar-refractivity contribution < 1.29 is 12.8 Å². The fourth-order valence-corrected chi connectivity index (χ4v) is 3.83. The van der Waals surface area contributed by atoms with Crippen LogP contribution in [0.15, 0.2) is 23.1 Å². The number of nitrogens with zero attached hydrogens (tertiary/aromatic N) is 1. The number of hydrogen-bond acceptors (Lipinski definition) is 4. The number of halogens is 1.